The van der Waals surface area contributed by atoms with Crippen LogP contribution in [0.15, 0.2) is 29.3 Å². The molecule has 17 heavy (non-hydrogen) atoms. The second kappa shape index (κ2) is 5.19. The third-order valence-electron chi connectivity index (χ3n) is 2.95. The lowest BCUT2D eigenvalue weighted by molar-refractivity contribution is 0.185. The highest BCUT2D eigenvalue weighted by atomic mass is 16.5. The molecule has 1 aromatic rings. The van der Waals surface area contributed by atoms with E-state index in [1.54, 1.807) is 7.11 Å². The molecule has 2 atom stereocenters. The van der Waals surface area contributed by atoms with Gasteiger partial charge in [0.25, 0.3) is 0 Å². The van der Waals surface area contributed by atoms with Crippen LogP contribution in [0.3, 0.4) is 0 Å². The van der Waals surface area contributed by atoms with Crippen molar-refractivity contribution in [1.29, 1.82) is 0 Å². The molecule has 1 aliphatic carbocycles. The van der Waals surface area contributed by atoms with Gasteiger partial charge in [-0.3, -0.25) is 0 Å². The number of nitrogens with zero attached hydrogens (tertiary/aromatic N) is 1. The van der Waals surface area contributed by atoms with Crippen LogP contribution in [0.5, 0.6) is 0 Å². The number of anilines is 1. The van der Waals surface area contributed by atoms with Gasteiger partial charge >= 0.3 is 0 Å². The van der Waals surface area contributed by atoms with Gasteiger partial charge in [0.1, 0.15) is 0 Å². The molecule has 0 spiro atoms. The molecule has 1 fully saturated rings. The molecule has 1 aromatic carbocycles. The summed E-state index contributed by atoms with van der Waals surface area (Å²) in [5.74, 6) is 1.16. The average molecular weight is 233 g/mol. The number of para-hydroxylation sites is 1. The number of methoxy groups -OCH3 is 1. The van der Waals surface area contributed by atoms with Gasteiger partial charge in [0.15, 0.2) is 5.96 Å². The maximum atomic E-state index is 5.87. The Kier molecular flexibility index (Phi) is 3.64. The molecule has 0 aliphatic heterocycles. The van der Waals surface area contributed by atoms with Crippen LogP contribution in [0.4, 0.5) is 5.69 Å². The zero-order valence-electron chi connectivity index (χ0n) is 10.3. The molecular weight excluding hydrogens is 214 g/mol. The largest absolute Gasteiger partial charge is 0.380 e. The smallest absolute Gasteiger partial charge is 0.193 e. The quantitative estimate of drug-likeness (QED) is 0.617. The normalized spacial score (nSPS) is 23.5. The Morgan fingerprint density at radius 3 is 2.88 bits per heavy atom. The Labute approximate surface area is 102 Å². The summed E-state index contributed by atoms with van der Waals surface area (Å²) in [6, 6.07) is 8.34. The van der Waals surface area contributed by atoms with Crippen LogP contribution in [0.2, 0.25) is 0 Å². The molecule has 2 rings (SSSR count). The first-order valence-electron chi connectivity index (χ1n) is 5.88. The van der Waals surface area contributed by atoms with Gasteiger partial charge in [0.05, 0.1) is 12.6 Å². The van der Waals surface area contributed by atoms with Gasteiger partial charge in [-0.15, -0.1) is 0 Å². The van der Waals surface area contributed by atoms with Gasteiger partial charge in [-0.2, -0.15) is 0 Å². The van der Waals surface area contributed by atoms with Crippen LogP contribution < -0.4 is 11.1 Å². The van der Waals surface area contributed by atoms with E-state index in [-0.39, 0.29) is 0 Å². The van der Waals surface area contributed by atoms with E-state index in [4.69, 9.17) is 10.5 Å². The molecule has 0 bridgehead atoms. The lowest BCUT2D eigenvalue weighted by Gasteiger charge is -2.10. The van der Waals surface area contributed by atoms with E-state index in [1.807, 2.05) is 24.3 Å². The van der Waals surface area contributed by atoms with Crippen molar-refractivity contribution in [2.75, 3.05) is 12.4 Å². The van der Waals surface area contributed by atoms with E-state index in [2.05, 4.69) is 17.2 Å². The molecular formula is C13H19N3O. The maximum Gasteiger partial charge on any atom is 0.193 e. The Morgan fingerprint density at radius 2 is 2.24 bits per heavy atom. The van der Waals surface area contributed by atoms with Crippen molar-refractivity contribution in [3.05, 3.63) is 29.8 Å². The van der Waals surface area contributed by atoms with E-state index in [0.29, 0.717) is 24.5 Å². The van der Waals surface area contributed by atoms with Crippen LogP contribution >= 0.6 is 0 Å². The fourth-order valence-electron chi connectivity index (χ4n) is 1.75. The Morgan fingerprint density at radius 1 is 1.53 bits per heavy atom. The summed E-state index contributed by atoms with van der Waals surface area (Å²) in [6.45, 7) is 2.75. The summed E-state index contributed by atoms with van der Waals surface area (Å²) in [4.78, 5) is 4.41. The number of guanidine groups is 1. The molecule has 3 N–H and O–H groups in total. The van der Waals surface area contributed by atoms with Gasteiger partial charge in [0, 0.05) is 18.4 Å². The minimum absolute atomic E-state index is 0.400. The molecule has 92 valence electrons. The van der Waals surface area contributed by atoms with Gasteiger partial charge in [-0.1, -0.05) is 25.1 Å². The first-order valence-corrected chi connectivity index (χ1v) is 5.88. The standard InChI is InChI=1S/C13H19N3O/c1-9-7-12(9)16-13(14)15-11-6-4-3-5-10(11)8-17-2/h3-6,9,12H,7-8H2,1-2H3,(H3,14,15,16). The van der Waals surface area contributed by atoms with Crippen molar-refractivity contribution >= 4 is 11.6 Å². The molecule has 0 radical (unpaired) electrons. The van der Waals surface area contributed by atoms with Crippen LogP contribution in [0.1, 0.15) is 18.9 Å². The second-order valence-corrected chi connectivity index (χ2v) is 4.51. The molecule has 0 saturated heterocycles. The van der Waals surface area contributed by atoms with Gasteiger partial charge in [-0.05, 0) is 18.4 Å². The zero-order valence-corrected chi connectivity index (χ0v) is 10.3. The number of nitrogens with two attached hydrogens (primary N) is 1. The SMILES string of the molecule is COCc1ccccc1NC(N)=NC1CC1C. The van der Waals surface area contributed by atoms with Crippen LogP contribution in [0, 0.1) is 5.92 Å². The van der Waals surface area contributed by atoms with E-state index in [9.17, 15) is 0 Å². The van der Waals surface area contributed by atoms with Gasteiger partial charge in [-0.25, -0.2) is 4.99 Å². The fourth-order valence-corrected chi connectivity index (χ4v) is 1.75. The number of hydrogen-bond donors (Lipinski definition) is 2. The summed E-state index contributed by atoms with van der Waals surface area (Å²) in [7, 11) is 1.68. The number of aliphatic imine (C=N–C) groups is 1. The fraction of sp³-hybridized carbons (Fsp3) is 0.462. The van der Waals surface area contributed by atoms with Crippen molar-refractivity contribution in [3.63, 3.8) is 0 Å². The number of ether oxygens (including phenoxy) is 1. The molecule has 0 heterocycles. The number of hydrogen-bond acceptors (Lipinski definition) is 2. The molecule has 4 nitrogen and oxygen atoms in total. The minimum atomic E-state index is 0.400. The predicted molar refractivity (Wildman–Crippen MR) is 70.0 cm³/mol. The maximum absolute atomic E-state index is 5.87. The summed E-state index contributed by atoms with van der Waals surface area (Å²) in [5, 5.41) is 3.13. The highest BCUT2D eigenvalue weighted by Gasteiger charge is 2.32. The summed E-state index contributed by atoms with van der Waals surface area (Å²) in [5.41, 5.74) is 7.91. The van der Waals surface area contributed by atoms with Crippen LogP contribution in [0.25, 0.3) is 0 Å². The summed E-state index contributed by atoms with van der Waals surface area (Å²) < 4.78 is 5.14. The molecule has 0 amide bonds. The van der Waals surface area contributed by atoms with E-state index < -0.39 is 0 Å². The molecule has 4 heteroatoms. The molecule has 1 saturated carbocycles. The lowest BCUT2D eigenvalue weighted by atomic mass is 10.2. The molecule has 2 unspecified atom stereocenters. The van der Waals surface area contributed by atoms with Crippen LogP contribution in [-0.2, 0) is 11.3 Å². The van der Waals surface area contributed by atoms with E-state index in [1.165, 1.54) is 0 Å². The van der Waals surface area contributed by atoms with Crippen LogP contribution in [-0.4, -0.2) is 19.1 Å². The zero-order chi connectivity index (χ0) is 12.3. The monoisotopic (exact) mass is 233 g/mol. The minimum Gasteiger partial charge on any atom is -0.380 e. The number of rotatable bonds is 4. The Balaban J connectivity index is 2.04. The number of benzene rings is 1. The average Bonchev–Trinajstić information content (AvgIpc) is 2.97. The molecule has 1 aliphatic rings. The van der Waals surface area contributed by atoms with Gasteiger partial charge < -0.3 is 15.8 Å². The Hall–Kier alpha value is -1.55. The first-order chi connectivity index (χ1) is 8.20. The van der Waals surface area contributed by atoms with Crippen molar-refractivity contribution < 1.29 is 4.74 Å². The lowest BCUT2D eigenvalue weighted by Crippen LogP contribution is -2.24. The van der Waals surface area contributed by atoms with E-state index in [0.717, 1.165) is 17.7 Å². The first kappa shape index (κ1) is 11.9. The molecule has 0 aromatic heterocycles. The highest BCUT2D eigenvalue weighted by molar-refractivity contribution is 5.93. The van der Waals surface area contributed by atoms with Crippen molar-refractivity contribution in [3.8, 4) is 0 Å². The summed E-state index contributed by atoms with van der Waals surface area (Å²) in [6.07, 6.45) is 1.14. The second-order valence-electron chi connectivity index (χ2n) is 4.51. The van der Waals surface area contributed by atoms with Gasteiger partial charge in [0.2, 0.25) is 0 Å². The third-order valence-corrected chi connectivity index (χ3v) is 2.95. The Bertz CT molecular complexity index is 417. The number of nitrogens with one attached hydrogen (secondary N) is 1. The summed E-state index contributed by atoms with van der Waals surface area (Å²) >= 11 is 0. The van der Waals surface area contributed by atoms with Crippen molar-refractivity contribution in [1.82, 2.24) is 0 Å². The van der Waals surface area contributed by atoms with Crippen molar-refractivity contribution in [2.24, 2.45) is 16.6 Å². The highest BCUT2D eigenvalue weighted by Crippen LogP contribution is 2.32. The third kappa shape index (κ3) is 3.20. The topological polar surface area (TPSA) is 59.6 Å². The van der Waals surface area contributed by atoms with Crippen molar-refractivity contribution in [2.45, 2.75) is 26.0 Å². The van der Waals surface area contributed by atoms with E-state index >= 15 is 0 Å². The predicted octanol–water partition coefficient (Wildman–Crippen LogP) is 1.97.